The van der Waals surface area contributed by atoms with E-state index < -0.39 is 0 Å². The van der Waals surface area contributed by atoms with Gasteiger partial charge in [-0.25, -0.2) is 0 Å². The van der Waals surface area contributed by atoms with E-state index in [9.17, 15) is 4.79 Å². The first-order valence-electron chi connectivity index (χ1n) is 7.95. The molecule has 4 heteroatoms. The molecule has 1 aromatic rings. The van der Waals surface area contributed by atoms with E-state index >= 15 is 0 Å². The molecule has 0 radical (unpaired) electrons. The van der Waals surface area contributed by atoms with Crippen LogP contribution in [-0.4, -0.2) is 30.5 Å². The zero-order valence-corrected chi connectivity index (χ0v) is 12.9. The van der Waals surface area contributed by atoms with Crippen molar-refractivity contribution in [3.8, 4) is 5.75 Å². The lowest BCUT2D eigenvalue weighted by molar-refractivity contribution is -0.133. The third kappa shape index (κ3) is 4.66. The van der Waals surface area contributed by atoms with Crippen molar-refractivity contribution in [2.75, 3.05) is 25.4 Å². The first-order valence-corrected chi connectivity index (χ1v) is 7.95. The number of carbonyl (C=O) groups excluding carboxylic acids is 1. The van der Waals surface area contributed by atoms with Crippen LogP contribution in [0.2, 0.25) is 0 Å². The number of likely N-dealkylation sites (tertiary alicyclic amines) is 1. The maximum Gasteiger partial charge on any atom is 0.225 e. The summed E-state index contributed by atoms with van der Waals surface area (Å²) in [6, 6.07) is 7.38. The van der Waals surface area contributed by atoms with Crippen molar-refractivity contribution >= 4 is 11.6 Å². The second kappa shape index (κ2) is 7.91. The van der Waals surface area contributed by atoms with Gasteiger partial charge in [0.05, 0.1) is 18.7 Å². The van der Waals surface area contributed by atoms with Gasteiger partial charge in [-0.05, 0) is 30.9 Å². The quantitative estimate of drug-likeness (QED) is 0.819. The van der Waals surface area contributed by atoms with Crippen LogP contribution in [-0.2, 0) is 4.79 Å². The fourth-order valence-corrected chi connectivity index (χ4v) is 2.90. The third-order valence-electron chi connectivity index (χ3n) is 4.16. The van der Waals surface area contributed by atoms with Crippen LogP contribution in [0.15, 0.2) is 24.3 Å². The molecule has 1 amide bonds. The maximum atomic E-state index is 12.2. The molecule has 0 spiro atoms. The number of anilines is 1. The Balaban J connectivity index is 1.70. The predicted molar refractivity (Wildman–Crippen MR) is 85.2 cm³/mol. The van der Waals surface area contributed by atoms with Crippen LogP contribution in [0.4, 0.5) is 5.69 Å². The summed E-state index contributed by atoms with van der Waals surface area (Å²) in [5.41, 5.74) is 6.42. The third-order valence-corrected chi connectivity index (χ3v) is 4.16. The van der Waals surface area contributed by atoms with Gasteiger partial charge < -0.3 is 15.4 Å². The van der Waals surface area contributed by atoms with E-state index in [-0.39, 0.29) is 5.91 Å². The van der Waals surface area contributed by atoms with Crippen molar-refractivity contribution in [1.29, 1.82) is 0 Å². The van der Waals surface area contributed by atoms with E-state index in [1.807, 2.05) is 23.1 Å². The van der Waals surface area contributed by atoms with Gasteiger partial charge in [-0.3, -0.25) is 4.79 Å². The molecular weight excluding hydrogens is 264 g/mol. The first-order chi connectivity index (χ1) is 10.2. The highest BCUT2D eigenvalue weighted by atomic mass is 16.5. The van der Waals surface area contributed by atoms with Gasteiger partial charge in [0.25, 0.3) is 0 Å². The Morgan fingerprint density at radius 1 is 1.33 bits per heavy atom. The van der Waals surface area contributed by atoms with Gasteiger partial charge in [0.2, 0.25) is 5.91 Å². The number of benzene rings is 1. The van der Waals surface area contributed by atoms with Crippen LogP contribution in [0.25, 0.3) is 0 Å². The van der Waals surface area contributed by atoms with E-state index in [0.717, 1.165) is 31.8 Å². The molecule has 21 heavy (non-hydrogen) atoms. The van der Waals surface area contributed by atoms with Crippen molar-refractivity contribution in [2.24, 2.45) is 5.92 Å². The molecular formula is C17H26N2O2. The van der Waals surface area contributed by atoms with Gasteiger partial charge in [-0.15, -0.1) is 0 Å². The number of nitrogens with zero attached hydrogens (tertiary/aromatic N) is 1. The molecule has 1 aliphatic rings. The average molecular weight is 290 g/mol. The number of piperidine rings is 1. The normalized spacial score (nSPS) is 16.0. The summed E-state index contributed by atoms with van der Waals surface area (Å²) in [6.07, 6.45) is 5.24. The molecule has 0 atom stereocenters. The van der Waals surface area contributed by atoms with Crippen LogP contribution < -0.4 is 10.5 Å². The molecule has 1 aromatic carbocycles. The molecule has 1 fully saturated rings. The Morgan fingerprint density at radius 2 is 2.05 bits per heavy atom. The van der Waals surface area contributed by atoms with Crippen molar-refractivity contribution < 1.29 is 9.53 Å². The number of carbonyl (C=O) groups is 1. The zero-order chi connectivity index (χ0) is 15.1. The minimum atomic E-state index is 0.194. The minimum absolute atomic E-state index is 0.194. The Morgan fingerprint density at radius 3 is 2.71 bits per heavy atom. The van der Waals surface area contributed by atoms with Gasteiger partial charge in [0.15, 0.2) is 0 Å². The minimum Gasteiger partial charge on any atom is -0.491 e. The van der Waals surface area contributed by atoms with Gasteiger partial charge in [0, 0.05) is 13.1 Å². The van der Waals surface area contributed by atoms with E-state index in [4.69, 9.17) is 10.5 Å². The Bertz CT molecular complexity index is 454. The summed E-state index contributed by atoms with van der Waals surface area (Å²) in [4.78, 5) is 14.1. The van der Waals surface area contributed by atoms with Crippen LogP contribution >= 0.6 is 0 Å². The maximum absolute atomic E-state index is 12.2. The lowest BCUT2D eigenvalue weighted by Crippen LogP contribution is -2.39. The number of hydrogen-bond donors (Lipinski definition) is 1. The number of para-hydroxylation sites is 2. The lowest BCUT2D eigenvalue weighted by atomic mass is 9.92. The Labute approximate surface area is 127 Å². The van der Waals surface area contributed by atoms with Crippen LogP contribution in [0.1, 0.15) is 39.0 Å². The second-order valence-electron chi connectivity index (χ2n) is 5.75. The number of nitrogens with two attached hydrogens (primary N) is 1. The monoisotopic (exact) mass is 290 g/mol. The van der Waals surface area contributed by atoms with Crippen molar-refractivity contribution in [1.82, 2.24) is 4.90 Å². The molecule has 1 heterocycles. The molecule has 4 nitrogen and oxygen atoms in total. The highest BCUT2D eigenvalue weighted by Crippen LogP contribution is 2.23. The molecule has 2 rings (SSSR count). The highest BCUT2D eigenvalue weighted by Gasteiger charge is 2.21. The number of hydrogen-bond acceptors (Lipinski definition) is 3. The number of amides is 1. The largest absolute Gasteiger partial charge is 0.491 e. The van der Waals surface area contributed by atoms with Gasteiger partial charge >= 0.3 is 0 Å². The van der Waals surface area contributed by atoms with Crippen LogP contribution in [0.5, 0.6) is 5.75 Å². The standard InChI is InChI=1S/C17H26N2O2/c1-2-5-14-8-11-19(12-9-14)17(20)10-13-21-16-7-4-3-6-15(16)18/h3-4,6-7,14H,2,5,8-13,18H2,1H3. The molecule has 1 saturated heterocycles. The van der Waals surface area contributed by atoms with Crippen molar-refractivity contribution in [3.05, 3.63) is 24.3 Å². The molecule has 1 aliphatic heterocycles. The first kappa shape index (κ1) is 15.7. The summed E-state index contributed by atoms with van der Waals surface area (Å²) in [5, 5.41) is 0. The topological polar surface area (TPSA) is 55.6 Å². The zero-order valence-electron chi connectivity index (χ0n) is 12.9. The summed E-state index contributed by atoms with van der Waals surface area (Å²) in [5.74, 6) is 1.66. The van der Waals surface area contributed by atoms with E-state index in [1.54, 1.807) is 6.07 Å². The summed E-state index contributed by atoms with van der Waals surface area (Å²) >= 11 is 0. The van der Waals surface area contributed by atoms with Gasteiger partial charge in [-0.2, -0.15) is 0 Å². The van der Waals surface area contributed by atoms with E-state index in [1.165, 1.54) is 12.8 Å². The van der Waals surface area contributed by atoms with Gasteiger partial charge in [-0.1, -0.05) is 31.9 Å². The molecule has 0 aliphatic carbocycles. The van der Waals surface area contributed by atoms with Crippen LogP contribution in [0, 0.1) is 5.92 Å². The molecule has 0 aromatic heterocycles. The molecule has 0 unspecified atom stereocenters. The molecule has 0 bridgehead atoms. The Hall–Kier alpha value is -1.71. The van der Waals surface area contributed by atoms with Crippen molar-refractivity contribution in [2.45, 2.75) is 39.0 Å². The van der Waals surface area contributed by atoms with E-state index in [2.05, 4.69) is 6.92 Å². The van der Waals surface area contributed by atoms with E-state index in [0.29, 0.717) is 24.5 Å². The predicted octanol–water partition coefficient (Wildman–Crippen LogP) is 3.08. The number of nitrogen functional groups attached to an aromatic ring is 1. The lowest BCUT2D eigenvalue weighted by Gasteiger charge is -2.32. The second-order valence-corrected chi connectivity index (χ2v) is 5.75. The Kier molecular flexibility index (Phi) is 5.90. The smallest absolute Gasteiger partial charge is 0.225 e. The highest BCUT2D eigenvalue weighted by molar-refractivity contribution is 5.76. The number of ether oxygens (including phenoxy) is 1. The average Bonchev–Trinajstić information content (AvgIpc) is 2.50. The molecule has 0 saturated carbocycles. The number of rotatable bonds is 6. The summed E-state index contributed by atoms with van der Waals surface area (Å²) in [6.45, 7) is 4.42. The fourth-order valence-electron chi connectivity index (χ4n) is 2.90. The SMILES string of the molecule is CCCC1CCN(C(=O)CCOc2ccccc2N)CC1. The summed E-state index contributed by atoms with van der Waals surface area (Å²) < 4.78 is 5.59. The van der Waals surface area contributed by atoms with Crippen molar-refractivity contribution in [3.63, 3.8) is 0 Å². The van der Waals surface area contributed by atoms with Gasteiger partial charge in [0.1, 0.15) is 5.75 Å². The summed E-state index contributed by atoms with van der Waals surface area (Å²) in [7, 11) is 0. The van der Waals surface area contributed by atoms with Crippen LogP contribution in [0.3, 0.4) is 0 Å². The molecule has 116 valence electrons. The molecule has 2 N–H and O–H groups in total. The fraction of sp³-hybridized carbons (Fsp3) is 0.588.